The van der Waals surface area contributed by atoms with E-state index in [4.69, 9.17) is 0 Å². The van der Waals surface area contributed by atoms with E-state index < -0.39 is 0 Å². The summed E-state index contributed by atoms with van der Waals surface area (Å²) >= 11 is 0. The fourth-order valence-corrected chi connectivity index (χ4v) is 7.13. The molecule has 2 aromatic carbocycles. The molecule has 1 N–H and O–H groups in total. The largest absolute Gasteiger partial charge is 0.371 e. The monoisotopic (exact) mass is 612 g/mol. The maximum atomic E-state index is 2.47. The van der Waals surface area contributed by atoms with Gasteiger partial charge in [-0.1, -0.05) is 58.0 Å². The Kier molecular flexibility index (Phi) is 12.6. The molecule has 4 rings (SSSR count). The number of rotatable bonds is 15. The molecule has 226 valence electrons. The number of hydrogen-bond donors (Lipinski definition) is 1. The molecule has 2 heterocycles. The molecule has 0 radical (unpaired) electrons. The second kappa shape index (κ2) is 16.6. The molecule has 6 heteroatoms. The van der Waals surface area contributed by atoms with Crippen LogP contribution < -0.4 is 19.3 Å². The van der Waals surface area contributed by atoms with Crippen LogP contribution in [0.4, 0.5) is 11.4 Å². The molecule has 0 saturated heterocycles. The lowest BCUT2D eigenvalue weighted by atomic mass is 10.1. The minimum absolute atomic E-state index is 1.02. The van der Waals surface area contributed by atoms with Crippen LogP contribution in [0.25, 0.3) is 17.7 Å². The van der Waals surface area contributed by atoms with Crippen molar-refractivity contribution in [1.82, 2.24) is 0 Å². The highest BCUT2D eigenvalue weighted by molar-refractivity contribution is 8.76. The smallest absolute Gasteiger partial charge is 0.169 e. The van der Waals surface area contributed by atoms with Crippen molar-refractivity contribution in [2.75, 3.05) is 54.5 Å². The number of benzene rings is 2. The van der Waals surface area contributed by atoms with Gasteiger partial charge in [-0.2, -0.15) is 0 Å². The summed E-state index contributed by atoms with van der Waals surface area (Å²) in [4.78, 5) is 6.26. The van der Waals surface area contributed by atoms with Crippen LogP contribution in [-0.4, -0.2) is 44.7 Å². The highest BCUT2D eigenvalue weighted by Crippen LogP contribution is 2.25. The van der Waals surface area contributed by atoms with Crippen molar-refractivity contribution in [3.63, 3.8) is 0 Å². The molecule has 0 spiro atoms. The number of pyridine rings is 1. The Balaban J connectivity index is 1.19. The van der Waals surface area contributed by atoms with E-state index in [9.17, 15) is 0 Å². The Morgan fingerprint density at radius 1 is 0.744 bits per heavy atom. The van der Waals surface area contributed by atoms with E-state index >= 15 is 0 Å². The van der Waals surface area contributed by atoms with Gasteiger partial charge in [-0.15, -0.1) is 0 Å². The minimum atomic E-state index is 1.02. The number of hydrogen-bond acceptors (Lipinski definition) is 4. The van der Waals surface area contributed by atoms with Gasteiger partial charge in [0.05, 0.1) is 13.2 Å². The van der Waals surface area contributed by atoms with Crippen molar-refractivity contribution in [2.45, 2.75) is 27.7 Å². The first kappa shape index (κ1) is 32.7. The summed E-state index contributed by atoms with van der Waals surface area (Å²) in [6.45, 7) is 13.0. The van der Waals surface area contributed by atoms with Crippen molar-refractivity contribution in [3.8, 4) is 0 Å². The summed E-state index contributed by atoms with van der Waals surface area (Å²) in [7, 11) is 8.17. The van der Waals surface area contributed by atoms with Gasteiger partial charge in [0.25, 0.3) is 0 Å². The Bertz CT molecular complexity index is 1420. The van der Waals surface area contributed by atoms with Crippen LogP contribution in [0.2, 0.25) is 0 Å². The van der Waals surface area contributed by atoms with Crippen LogP contribution in [-0.2, 0) is 7.05 Å². The van der Waals surface area contributed by atoms with Gasteiger partial charge < -0.3 is 9.80 Å². The van der Waals surface area contributed by atoms with Crippen LogP contribution in [0.5, 0.6) is 0 Å². The summed E-state index contributed by atoms with van der Waals surface area (Å²) in [5.41, 5.74) is 10.2. The van der Waals surface area contributed by atoms with Crippen molar-refractivity contribution in [1.29, 1.82) is 0 Å². The van der Waals surface area contributed by atoms with E-state index in [0.717, 1.165) is 37.7 Å². The first-order chi connectivity index (χ1) is 20.9. The molecule has 1 unspecified atom stereocenters. The van der Waals surface area contributed by atoms with Crippen LogP contribution in [0.3, 0.4) is 0 Å². The molecule has 0 amide bonds. The van der Waals surface area contributed by atoms with Crippen LogP contribution in [0.15, 0.2) is 103 Å². The fourth-order valence-electron chi connectivity index (χ4n) is 5.15. The Labute approximate surface area is 267 Å². The van der Waals surface area contributed by atoms with Crippen molar-refractivity contribution in [3.05, 3.63) is 119 Å². The van der Waals surface area contributed by atoms with E-state index in [0.29, 0.717) is 0 Å². The number of nitrogens with zero attached hydrogens (tertiary/aromatic N) is 3. The quantitative estimate of drug-likeness (QED) is 0.111. The molecule has 4 nitrogen and oxygen atoms in total. The number of nitrogens with one attached hydrogen (secondary N) is 1. The van der Waals surface area contributed by atoms with Crippen molar-refractivity contribution < 1.29 is 9.47 Å². The number of aromatic nitrogens is 1. The predicted octanol–water partition coefficient (Wildman–Crippen LogP) is 7.14. The topological polar surface area (TPSA) is 14.8 Å². The predicted molar refractivity (Wildman–Crippen MR) is 192 cm³/mol. The lowest BCUT2D eigenvalue weighted by molar-refractivity contribution is -0.763. The normalized spacial score (nSPS) is 15.1. The van der Waals surface area contributed by atoms with Gasteiger partial charge in [-0.3, -0.25) is 4.90 Å². The average molecular weight is 613 g/mol. The first-order valence-corrected chi connectivity index (χ1v) is 17.9. The average Bonchev–Trinajstić information content (AvgIpc) is 3.46. The van der Waals surface area contributed by atoms with E-state index in [1.165, 1.54) is 49.7 Å². The third-order valence-corrected chi connectivity index (χ3v) is 10.2. The maximum Gasteiger partial charge on any atom is 0.169 e. The molecule has 1 aliphatic heterocycles. The van der Waals surface area contributed by atoms with E-state index in [2.05, 4.69) is 153 Å². The Hall–Kier alpha value is -3.19. The van der Waals surface area contributed by atoms with Crippen LogP contribution >= 0.6 is 21.6 Å². The van der Waals surface area contributed by atoms with Crippen LogP contribution in [0.1, 0.15) is 44.4 Å². The van der Waals surface area contributed by atoms with Gasteiger partial charge in [-0.05, 0) is 79.8 Å². The summed E-state index contributed by atoms with van der Waals surface area (Å²) in [6.07, 6.45) is 15.4. The molecule has 0 bridgehead atoms. The number of anilines is 2. The standard InChI is InChI=1S/C37H47N4S2/c1-7-40(36-13-9-32(10-14-36)27-30(3)34-17-20-38(5)21-18-34)23-25-42-43-26-24-41(8-2)37-15-11-33(12-16-37)28-31(4)35-19-22-39(6)29-35/h9-22,27-29H,7-8,23-26H2,1-6H3/q+1/p+1/b31-28+. The second-order valence-corrected chi connectivity index (χ2v) is 13.8. The van der Waals surface area contributed by atoms with E-state index in [1.807, 2.05) is 28.6 Å². The van der Waals surface area contributed by atoms with Crippen molar-refractivity contribution in [2.24, 2.45) is 7.05 Å². The second-order valence-electron chi connectivity index (χ2n) is 11.1. The molecule has 0 saturated carbocycles. The molecular weight excluding hydrogens is 565 g/mol. The van der Waals surface area contributed by atoms with Gasteiger partial charge in [-0.25, -0.2) is 4.57 Å². The Morgan fingerprint density at radius 3 is 1.67 bits per heavy atom. The zero-order valence-corrected chi connectivity index (χ0v) is 28.3. The molecule has 1 atom stereocenters. The van der Waals surface area contributed by atoms with Gasteiger partial charge >= 0.3 is 0 Å². The summed E-state index contributed by atoms with van der Waals surface area (Å²) in [5, 5.41) is 0. The Morgan fingerprint density at radius 2 is 1.23 bits per heavy atom. The highest BCUT2D eigenvalue weighted by Gasteiger charge is 2.10. The van der Waals surface area contributed by atoms with Gasteiger partial charge in [0, 0.05) is 72.8 Å². The minimum Gasteiger partial charge on any atom is -0.371 e. The molecule has 0 aliphatic carbocycles. The first-order valence-electron chi connectivity index (χ1n) is 15.4. The molecule has 1 aromatic heterocycles. The summed E-state index contributed by atoms with van der Waals surface area (Å²) in [5.74, 6) is 2.22. The summed E-state index contributed by atoms with van der Waals surface area (Å²) < 4.78 is 2.06. The van der Waals surface area contributed by atoms with E-state index in [-0.39, 0.29) is 0 Å². The number of aryl methyl sites for hydroxylation is 1. The highest BCUT2D eigenvalue weighted by atomic mass is 33.1. The summed E-state index contributed by atoms with van der Waals surface area (Å²) in [6, 6.07) is 22.3. The van der Waals surface area contributed by atoms with Gasteiger partial charge in [0.15, 0.2) is 12.4 Å². The zero-order valence-electron chi connectivity index (χ0n) is 26.7. The molecule has 0 fully saturated rings. The SMILES string of the molecule is CCN(CCSSCCN(CC)c1ccc(/C=C(\C)c2cc[n+](C)cc2)cc1)c1ccc(/C=C(\C)C2=C[NH+](C)C=C2)cc1. The molecule has 43 heavy (non-hydrogen) atoms. The molecular formula is C37H48N4S2+2. The van der Waals surface area contributed by atoms with Crippen LogP contribution in [0, 0.1) is 0 Å². The maximum absolute atomic E-state index is 2.47. The molecule has 3 aromatic rings. The van der Waals surface area contributed by atoms with Gasteiger partial charge in [0.1, 0.15) is 13.2 Å². The number of quaternary nitrogens is 1. The third-order valence-electron chi connectivity index (χ3n) is 7.82. The van der Waals surface area contributed by atoms with E-state index in [1.54, 1.807) is 0 Å². The third kappa shape index (κ3) is 9.92. The molecule has 1 aliphatic rings. The fraction of sp³-hybridized carbons (Fsp3) is 0.324. The zero-order chi connectivity index (χ0) is 30.6. The van der Waals surface area contributed by atoms with Gasteiger partial charge in [0.2, 0.25) is 0 Å². The number of allylic oxidation sites excluding steroid dienone is 4. The lowest BCUT2D eigenvalue weighted by Crippen LogP contribution is -2.98. The van der Waals surface area contributed by atoms with Crippen molar-refractivity contribution >= 4 is 50.7 Å². The lowest BCUT2D eigenvalue weighted by Gasteiger charge is -2.24.